The van der Waals surface area contributed by atoms with E-state index >= 15 is 0 Å². The Labute approximate surface area is 153 Å². The smallest absolute Gasteiger partial charge is 0.308 e. The summed E-state index contributed by atoms with van der Waals surface area (Å²) in [6, 6.07) is 10.5. The molecule has 1 amide bonds. The lowest BCUT2D eigenvalue weighted by atomic mass is 9.97. The molecule has 0 radical (unpaired) electrons. The number of ether oxygens (including phenoxy) is 1. The van der Waals surface area contributed by atoms with Gasteiger partial charge in [0.15, 0.2) is 0 Å². The summed E-state index contributed by atoms with van der Waals surface area (Å²) in [7, 11) is 0. The number of carboxylic acids is 1. The molecular weight excluding hydrogens is 332 g/mol. The molecule has 1 aromatic carbocycles. The largest absolute Gasteiger partial charge is 0.489 e. The molecule has 6 nitrogen and oxygen atoms in total. The van der Waals surface area contributed by atoms with Gasteiger partial charge in [0.1, 0.15) is 12.4 Å². The highest BCUT2D eigenvalue weighted by molar-refractivity contribution is 5.94. The van der Waals surface area contributed by atoms with Crippen molar-refractivity contribution in [1.29, 1.82) is 0 Å². The summed E-state index contributed by atoms with van der Waals surface area (Å²) in [4.78, 5) is 27.4. The van der Waals surface area contributed by atoms with Crippen LogP contribution in [0.1, 0.15) is 36.2 Å². The van der Waals surface area contributed by atoms with Gasteiger partial charge in [-0.25, -0.2) is 0 Å². The SMILES string of the molecule is CC(C)CC(CNC(=O)c1ccc(OCc2ccncc2)cc1)C(=O)O. The monoisotopic (exact) mass is 356 g/mol. The van der Waals surface area contributed by atoms with E-state index in [2.05, 4.69) is 10.3 Å². The highest BCUT2D eigenvalue weighted by Gasteiger charge is 2.20. The van der Waals surface area contributed by atoms with E-state index in [0.717, 1.165) is 5.56 Å². The number of hydrogen-bond donors (Lipinski definition) is 2. The van der Waals surface area contributed by atoms with Gasteiger partial charge in [0.25, 0.3) is 5.91 Å². The summed E-state index contributed by atoms with van der Waals surface area (Å²) in [5.41, 5.74) is 1.47. The number of amides is 1. The number of nitrogens with one attached hydrogen (secondary N) is 1. The van der Waals surface area contributed by atoms with Crippen molar-refractivity contribution in [2.75, 3.05) is 6.54 Å². The molecule has 0 aliphatic rings. The molecule has 0 saturated carbocycles. The Hall–Kier alpha value is -2.89. The predicted molar refractivity (Wildman–Crippen MR) is 97.9 cm³/mol. The number of nitrogens with zero attached hydrogens (tertiary/aromatic N) is 1. The van der Waals surface area contributed by atoms with Gasteiger partial charge in [-0.15, -0.1) is 0 Å². The van der Waals surface area contributed by atoms with E-state index in [1.165, 1.54) is 0 Å². The average Bonchev–Trinajstić information content (AvgIpc) is 2.64. The van der Waals surface area contributed by atoms with E-state index in [9.17, 15) is 14.7 Å². The van der Waals surface area contributed by atoms with Crippen LogP contribution in [0.4, 0.5) is 0 Å². The quantitative estimate of drug-likeness (QED) is 0.720. The molecule has 2 rings (SSSR count). The third-order valence-electron chi connectivity index (χ3n) is 3.89. The molecule has 0 aliphatic carbocycles. The number of aromatic nitrogens is 1. The Kier molecular flexibility index (Phi) is 7.14. The van der Waals surface area contributed by atoms with Crippen molar-refractivity contribution in [3.05, 3.63) is 59.9 Å². The van der Waals surface area contributed by atoms with Gasteiger partial charge in [-0.2, -0.15) is 0 Å². The first-order valence-electron chi connectivity index (χ1n) is 8.58. The van der Waals surface area contributed by atoms with E-state index < -0.39 is 11.9 Å². The zero-order valence-electron chi connectivity index (χ0n) is 15.0. The summed E-state index contributed by atoms with van der Waals surface area (Å²) in [5.74, 6) is -0.854. The molecule has 26 heavy (non-hydrogen) atoms. The van der Waals surface area contributed by atoms with Gasteiger partial charge < -0.3 is 15.2 Å². The molecule has 1 aromatic heterocycles. The van der Waals surface area contributed by atoms with Crippen LogP contribution in [0.15, 0.2) is 48.8 Å². The van der Waals surface area contributed by atoms with Crippen molar-refractivity contribution < 1.29 is 19.4 Å². The van der Waals surface area contributed by atoms with E-state index in [1.807, 2.05) is 26.0 Å². The van der Waals surface area contributed by atoms with Gasteiger partial charge in [-0.05, 0) is 54.3 Å². The zero-order chi connectivity index (χ0) is 18.9. The Bertz CT molecular complexity index is 714. The third kappa shape index (κ3) is 6.20. The Morgan fingerprint density at radius 1 is 1.12 bits per heavy atom. The van der Waals surface area contributed by atoms with Gasteiger partial charge in [0.2, 0.25) is 0 Å². The fourth-order valence-corrected chi connectivity index (χ4v) is 2.51. The lowest BCUT2D eigenvalue weighted by Crippen LogP contribution is -2.33. The van der Waals surface area contributed by atoms with E-state index in [4.69, 9.17) is 4.74 Å². The van der Waals surface area contributed by atoms with Crippen molar-refractivity contribution in [2.45, 2.75) is 26.9 Å². The average molecular weight is 356 g/mol. The molecular formula is C20H24N2O4. The Morgan fingerprint density at radius 3 is 2.35 bits per heavy atom. The minimum absolute atomic E-state index is 0.118. The van der Waals surface area contributed by atoms with Crippen LogP contribution in [0.2, 0.25) is 0 Å². The summed E-state index contributed by atoms with van der Waals surface area (Å²) in [5, 5.41) is 11.9. The first-order valence-corrected chi connectivity index (χ1v) is 8.58. The second-order valence-corrected chi connectivity index (χ2v) is 6.54. The number of carbonyl (C=O) groups excluding carboxylic acids is 1. The number of rotatable bonds is 9. The Morgan fingerprint density at radius 2 is 1.77 bits per heavy atom. The Balaban J connectivity index is 1.86. The van der Waals surface area contributed by atoms with Crippen LogP contribution in [0, 0.1) is 11.8 Å². The van der Waals surface area contributed by atoms with E-state index in [1.54, 1.807) is 36.7 Å². The molecule has 0 spiro atoms. The first-order chi connectivity index (χ1) is 12.5. The molecule has 1 unspecified atom stereocenters. The summed E-state index contributed by atoms with van der Waals surface area (Å²) < 4.78 is 5.66. The maximum absolute atomic E-state index is 12.2. The minimum Gasteiger partial charge on any atom is -0.489 e. The predicted octanol–water partition coefficient (Wildman–Crippen LogP) is 3.14. The highest BCUT2D eigenvalue weighted by Crippen LogP contribution is 2.15. The van der Waals surface area contributed by atoms with Crippen LogP contribution >= 0.6 is 0 Å². The van der Waals surface area contributed by atoms with Crippen LogP contribution in [0.3, 0.4) is 0 Å². The second kappa shape index (κ2) is 9.56. The van der Waals surface area contributed by atoms with Gasteiger partial charge in [0, 0.05) is 24.5 Å². The van der Waals surface area contributed by atoms with Gasteiger partial charge in [-0.1, -0.05) is 13.8 Å². The van der Waals surface area contributed by atoms with Crippen LogP contribution < -0.4 is 10.1 Å². The first kappa shape index (κ1) is 19.4. The topological polar surface area (TPSA) is 88.5 Å². The molecule has 2 aromatic rings. The van der Waals surface area contributed by atoms with E-state index in [-0.39, 0.29) is 18.4 Å². The van der Waals surface area contributed by atoms with Gasteiger partial charge in [-0.3, -0.25) is 14.6 Å². The number of hydrogen-bond acceptors (Lipinski definition) is 4. The van der Waals surface area contributed by atoms with Crippen LogP contribution in [0.5, 0.6) is 5.75 Å². The molecule has 0 aliphatic heterocycles. The molecule has 2 N–H and O–H groups in total. The van der Waals surface area contributed by atoms with Crippen LogP contribution in [-0.2, 0) is 11.4 Å². The highest BCUT2D eigenvalue weighted by atomic mass is 16.5. The molecule has 1 atom stereocenters. The molecule has 0 saturated heterocycles. The zero-order valence-corrected chi connectivity index (χ0v) is 15.0. The van der Waals surface area contributed by atoms with Crippen molar-refractivity contribution in [3.8, 4) is 5.75 Å². The van der Waals surface area contributed by atoms with Crippen molar-refractivity contribution in [1.82, 2.24) is 10.3 Å². The normalized spacial score (nSPS) is 11.8. The number of pyridine rings is 1. The molecule has 1 heterocycles. The molecule has 0 bridgehead atoms. The molecule has 138 valence electrons. The summed E-state index contributed by atoms with van der Waals surface area (Å²) >= 11 is 0. The molecule has 6 heteroatoms. The minimum atomic E-state index is -0.890. The fraction of sp³-hybridized carbons (Fsp3) is 0.350. The lowest BCUT2D eigenvalue weighted by molar-refractivity contribution is -0.142. The number of aliphatic carboxylic acids is 1. The standard InChI is InChI=1S/C20H24N2O4/c1-14(2)11-17(20(24)25)12-22-19(23)16-3-5-18(6-4-16)26-13-15-7-9-21-10-8-15/h3-10,14,17H,11-13H2,1-2H3,(H,22,23)(H,24,25). The number of carboxylic acid groups (broad SMARTS) is 1. The van der Waals surface area contributed by atoms with Gasteiger partial charge >= 0.3 is 5.97 Å². The van der Waals surface area contributed by atoms with E-state index in [0.29, 0.717) is 24.3 Å². The van der Waals surface area contributed by atoms with Crippen molar-refractivity contribution in [2.24, 2.45) is 11.8 Å². The summed E-state index contributed by atoms with van der Waals surface area (Å²) in [6.45, 7) is 4.46. The number of benzene rings is 1. The van der Waals surface area contributed by atoms with Crippen molar-refractivity contribution in [3.63, 3.8) is 0 Å². The maximum atomic E-state index is 12.2. The maximum Gasteiger partial charge on any atom is 0.308 e. The van der Waals surface area contributed by atoms with Gasteiger partial charge in [0.05, 0.1) is 5.92 Å². The number of carbonyl (C=O) groups is 2. The van der Waals surface area contributed by atoms with Crippen LogP contribution in [0.25, 0.3) is 0 Å². The lowest BCUT2D eigenvalue weighted by Gasteiger charge is -2.15. The molecule has 0 fully saturated rings. The van der Waals surface area contributed by atoms with Crippen molar-refractivity contribution >= 4 is 11.9 Å². The third-order valence-corrected chi connectivity index (χ3v) is 3.89. The fourth-order valence-electron chi connectivity index (χ4n) is 2.51. The van der Waals surface area contributed by atoms with Crippen LogP contribution in [-0.4, -0.2) is 28.5 Å². The summed E-state index contributed by atoms with van der Waals surface area (Å²) in [6.07, 6.45) is 3.93. The second-order valence-electron chi connectivity index (χ2n) is 6.54.